The summed E-state index contributed by atoms with van der Waals surface area (Å²) in [5.74, 6) is 0. The molecule has 5 nitrogen and oxygen atoms in total. The summed E-state index contributed by atoms with van der Waals surface area (Å²) in [4.78, 5) is 2.46. The van der Waals surface area contributed by atoms with Crippen LogP contribution in [0.3, 0.4) is 0 Å². The van der Waals surface area contributed by atoms with Crippen molar-refractivity contribution in [1.29, 1.82) is 0 Å². The largest absolute Gasteiger partial charge is 0.316 e. The fourth-order valence-electron chi connectivity index (χ4n) is 3.07. The Balaban J connectivity index is 1.97. The molecule has 2 atom stereocenters. The summed E-state index contributed by atoms with van der Waals surface area (Å²) in [6, 6.07) is 0.448. The number of nitrogens with zero attached hydrogens (tertiary/aromatic N) is 2. The van der Waals surface area contributed by atoms with Gasteiger partial charge in [0, 0.05) is 32.2 Å². The molecule has 0 spiro atoms. The van der Waals surface area contributed by atoms with Crippen LogP contribution in [-0.4, -0.2) is 68.2 Å². The third-order valence-electron chi connectivity index (χ3n) is 4.35. The molecule has 0 bridgehead atoms. The first-order valence-electron chi connectivity index (χ1n) is 7.49. The Morgan fingerprint density at radius 1 is 1.26 bits per heavy atom. The lowest BCUT2D eigenvalue weighted by Gasteiger charge is -2.44. The standard InChI is InChI=1S/C13H27N3O2S/c1-3-14-10-12(2)19(17,18)16-9-8-15-7-5-4-6-13(15)11-16/h12-14H,3-11H2,1-2H3. The highest BCUT2D eigenvalue weighted by atomic mass is 32.2. The highest BCUT2D eigenvalue weighted by Crippen LogP contribution is 2.23. The monoisotopic (exact) mass is 289 g/mol. The van der Waals surface area contributed by atoms with Gasteiger partial charge in [0.1, 0.15) is 0 Å². The molecule has 0 saturated carbocycles. The van der Waals surface area contributed by atoms with Crippen LogP contribution in [0, 0.1) is 0 Å². The quantitative estimate of drug-likeness (QED) is 0.800. The molecule has 0 amide bonds. The Morgan fingerprint density at radius 3 is 2.79 bits per heavy atom. The van der Waals surface area contributed by atoms with Gasteiger partial charge < -0.3 is 5.32 Å². The van der Waals surface area contributed by atoms with Crippen LogP contribution in [0.5, 0.6) is 0 Å². The number of nitrogens with one attached hydrogen (secondary N) is 1. The lowest BCUT2D eigenvalue weighted by molar-refractivity contribution is 0.0848. The zero-order chi connectivity index (χ0) is 13.9. The Kier molecular flexibility index (Phi) is 5.22. The van der Waals surface area contributed by atoms with Crippen molar-refractivity contribution in [2.45, 2.75) is 44.4 Å². The molecule has 0 aromatic carbocycles. The van der Waals surface area contributed by atoms with Crippen LogP contribution in [-0.2, 0) is 10.0 Å². The Labute approximate surface area is 117 Å². The Bertz CT molecular complexity index is 385. The molecule has 19 heavy (non-hydrogen) atoms. The van der Waals surface area contributed by atoms with E-state index in [9.17, 15) is 8.42 Å². The van der Waals surface area contributed by atoms with Crippen molar-refractivity contribution >= 4 is 10.0 Å². The maximum absolute atomic E-state index is 12.5. The first-order chi connectivity index (χ1) is 9.05. The Hall–Kier alpha value is -0.170. The molecule has 2 rings (SSSR count). The van der Waals surface area contributed by atoms with Gasteiger partial charge in [0.15, 0.2) is 0 Å². The topological polar surface area (TPSA) is 52.7 Å². The van der Waals surface area contributed by atoms with Gasteiger partial charge in [-0.25, -0.2) is 8.42 Å². The van der Waals surface area contributed by atoms with Crippen LogP contribution in [0.1, 0.15) is 33.1 Å². The normalized spacial score (nSPS) is 28.0. The molecule has 2 fully saturated rings. The number of piperidine rings is 1. The van der Waals surface area contributed by atoms with Crippen molar-refractivity contribution in [3.63, 3.8) is 0 Å². The predicted molar refractivity (Wildman–Crippen MR) is 77.7 cm³/mol. The van der Waals surface area contributed by atoms with E-state index in [1.165, 1.54) is 12.8 Å². The van der Waals surface area contributed by atoms with E-state index in [0.717, 1.165) is 26.1 Å². The second kappa shape index (κ2) is 6.52. The second-order valence-electron chi connectivity index (χ2n) is 5.71. The van der Waals surface area contributed by atoms with E-state index in [1.807, 2.05) is 13.8 Å². The van der Waals surface area contributed by atoms with Crippen molar-refractivity contribution < 1.29 is 8.42 Å². The van der Waals surface area contributed by atoms with Crippen LogP contribution in [0.2, 0.25) is 0 Å². The van der Waals surface area contributed by atoms with Gasteiger partial charge in [0.25, 0.3) is 0 Å². The molecule has 0 aromatic heterocycles. The molecule has 0 radical (unpaired) electrons. The van der Waals surface area contributed by atoms with E-state index in [2.05, 4.69) is 10.2 Å². The summed E-state index contributed by atoms with van der Waals surface area (Å²) in [7, 11) is -3.14. The molecule has 112 valence electrons. The summed E-state index contributed by atoms with van der Waals surface area (Å²) >= 11 is 0. The van der Waals surface area contributed by atoms with Crippen LogP contribution < -0.4 is 5.32 Å². The third kappa shape index (κ3) is 3.48. The maximum Gasteiger partial charge on any atom is 0.218 e. The fraction of sp³-hybridized carbons (Fsp3) is 1.00. The molecule has 0 aromatic rings. The van der Waals surface area contributed by atoms with Gasteiger partial charge in [0.2, 0.25) is 10.0 Å². The van der Waals surface area contributed by atoms with Gasteiger partial charge in [-0.05, 0) is 32.9 Å². The van der Waals surface area contributed by atoms with Gasteiger partial charge in [0.05, 0.1) is 5.25 Å². The molecule has 2 saturated heterocycles. The minimum Gasteiger partial charge on any atom is -0.316 e. The number of sulfonamides is 1. The summed E-state index contributed by atoms with van der Waals surface area (Å²) < 4.78 is 26.8. The molecule has 6 heteroatoms. The highest BCUT2D eigenvalue weighted by Gasteiger charge is 2.36. The second-order valence-corrected chi connectivity index (χ2v) is 8.06. The van der Waals surface area contributed by atoms with Crippen molar-refractivity contribution in [3.05, 3.63) is 0 Å². The molecular weight excluding hydrogens is 262 g/mol. The summed E-state index contributed by atoms with van der Waals surface area (Å²) in [5.41, 5.74) is 0. The first-order valence-corrected chi connectivity index (χ1v) is 8.99. The number of piperazine rings is 1. The number of rotatable bonds is 5. The molecule has 2 unspecified atom stereocenters. The van der Waals surface area contributed by atoms with E-state index < -0.39 is 10.0 Å². The van der Waals surface area contributed by atoms with Gasteiger partial charge in [-0.3, -0.25) is 4.90 Å². The van der Waals surface area contributed by atoms with E-state index in [0.29, 0.717) is 25.7 Å². The fourth-order valence-corrected chi connectivity index (χ4v) is 4.62. The van der Waals surface area contributed by atoms with Crippen LogP contribution in [0.4, 0.5) is 0 Å². The molecule has 2 aliphatic heterocycles. The lowest BCUT2D eigenvalue weighted by Crippen LogP contribution is -2.57. The summed E-state index contributed by atoms with van der Waals surface area (Å²) in [5, 5.41) is 2.80. The minimum absolute atomic E-state index is 0.331. The summed E-state index contributed by atoms with van der Waals surface area (Å²) in [6.45, 7) is 8.57. The zero-order valence-corrected chi connectivity index (χ0v) is 13.0. The van der Waals surface area contributed by atoms with Gasteiger partial charge in [-0.15, -0.1) is 0 Å². The van der Waals surface area contributed by atoms with Crippen molar-refractivity contribution in [2.24, 2.45) is 0 Å². The lowest BCUT2D eigenvalue weighted by atomic mass is 10.0. The van der Waals surface area contributed by atoms with Crippen LogP contribution in [0.25, 0.3) is 0 Å². The molecule has 1 N–H and O–H groups in total. The van der Waals surface area contributed by atoms with Gasteiger partial charge in [-0.1, -0.05) is 13.3 Å². The van der Waals surface area contributed by atoms with Crippen LogP contribution >= 0.6 is 0 Å². The van der Waals surface area contributed by atoms with E-state index >= 15 is 0 Å². The molecule has 2 aliphatic rings. The van der Waals surface area contributed by atoms with E-state index in [4.69, 9.17) is 0 Å². The van der Waals surface area contributed by atoms with E-state index in [-0.39, 0.29) is 5.25 Å². The Morgan fingerprint density at radius 2 is 2.05 bits per heavy atom. The SMILES string of the molecule is CCNCC(C)S(=O)(=O)N1CCN2CCCCC2C1. The smallest absolute Gasteiger partial charge is 0.218 e. The van der Waals surface area contributed by atoms with E-state index in [1.54, 1.807) is 4.31 Å². The average molecular weight is 289 g/mol. The number of hydrogen-bond donors (Lipinski definition) is 1. The van der Waals surface area contributed by atoms with Gasteiger partial charge >= 0.3 is 0 Å². The minimum atomic E-state index is -3.14. The number of fused-ring (bicyclic) bond motifs is 1. The maximum atomic E-state index is 12.5. The molecule has 2 heterocycles. The third-order valence-corrected chi connectivity index (χ3v) is 6.59. The molecular formula is C13H27N3O2S. The zero-order valence-electron chi connectivity index (χ0n) is 12.1. The molecule has 0 aliphatic carbocycles. The number of hydrogen-bond acceptors (Lipinski definition) is 4. The highest BCUT2D eigenvalue weighted by molar-refractivity contribution is 7.89. The van der Waals surface area contributed by atoms with Crippen LogP contribution in [0.15, 0.2) is 0 Å². The first kappa shape index (κ1) is 15.2. The van der Waals surface area contributed by atoms with Gasteiger partial charge in [-0.2, -0.15) is 4.31 Å². The van der Waals surface area contributed by atoms with Crippen molar-refractivity contribution in [3.8, 4) is 0 Å². The predicted octanol–water partition coefficient (Wildman–Crippen LogP) is 0.484. The summed E-state index contributed by atoms with van der Waals surface area (Å²) in [6.07, 6.45) is 3.65. The average Bonchev–Trinajstić information content (AvgIpc) is 2.44. The van der Waals surface area contributed by atoms with Crippen molar-refractivity contribution in [2.75, 3.05) is 39.3 Å². The van der Waals surface area contributed by atoms with Crippen molar-refractivity contribution in [1.82, 2.24) is 14.5 Å².